The number of amides is 1. The minimum Gasteiger partial charge on any atom is -0.372 e. The molecule has 0 aliphatic heterocycles. The van der Waals surface area contributed by atoms with Crippen LogP contribution < -0.4 is 21.5 Å². The van der Waals surface area contributed by atoms with Crippen LogP contribution in [0.2, 0.25) is 5.15 Å². The number of hydrogen-bond acceptors (Lipinski definition) is 8. The molecule has 3 heterocycles. The van der Waals surface area contributed by atoms with Crippen LogP contribution >= 0.6 is 11.6 Å². The predicted molar refractivity (Wildman–Crippen MR) is 139 cm³/mol. The molecule has 0 saturated carbocycles. The van der Waals surface area contributed by atoms with Gasteiger partial charge in [0.05, 0.1) is 16.7 Å². The van der Waals surface area contributed by atoms with Gasteiger partial charge in [0.15, 0.2) is 5.82 Å². The minimum absolute atomic E-state index is 0.0687. The molecule has 0 atom stereocenters. The van der Waals surface area contributed by atoms with E-state index in [0.717, 1.165) is 5.39 Å². The Morgan fingerprint density at radius 3 is 2.53 bits per heavy atom. The Kier molecular flexibility index (Phi) is 6.59. The highest BCUT2D eigenvalue weighted by Crippen LogP contribution is 2.32. The lowest BCUT2D eigenvalue weighted by Gasteiger charge is -2.27. The van der Waals surface area contributed by atoms with E-state index in [9.17, 15) is 14.9 Å². The van der Waals surface area contributed by atoms with Gasteiger partial charge < -0.3 is 20.5 Å². The highest BCUT2D eigenvalue weighted by atomic mass is 35.5. The van der Waals surface area contributed by atoms with E-state index in [0.29, 0.717) is 28.4 Å². The summed E-state index contributed by atoms with van der Waals surface area (Å²) < 4.78 is 1.55. The van der Waals surface area contributed by atoms with Crippen LogP contribution in [0.1, 0.15) is 35.7 Å². The molecule has 4 rings (SSSR count). The third kappa shape index (κ3) is 4.69. The van der Waals surface area contributed by atoms with Gasteiger partial charge in [-0.2, -0.15) is 5.26 Å². The van der Waals surface area contributed by atoms with E-state index in [1.54, 1.807) is 42.2 Å². The molecule has 0 radical (unpaired) electrons. The lowest BCUT2D eigenvalue weighted by atomic mass is 10.0. The maximum Gasteiger partial charge on any atom is 0.269 e. The first-order valence-corrected chi connectivity index (χ1v) is 11.3. The quantitative estimate of drug-likeness (QED) is 0.339. The van der Waals surface area contributed by atoms with Crippen LogP contribution in [-0.4, -0.2) is 32.5 Å². The van der Waals surface area contributed by atoms with E-state index in [1.807, 2.05) is 26.0 Å². The largest absolute Gasteiger partial charge is 0.372 e. The second kappa shape index (κ2) is 9.64. The summed E-state index contributed by atoms with van der Waals surface area (Å²) in [7, 11) is 3.17. The Hall–Kier alpha value is -4.49. The zero-order valence-corrected chi connectivity index (χ0v) is 20.8. The van der Waals surface area contributed by atoms with Crippen molar-refractivity contribution in [2.24, 2.45) is 7.05 Å². The fourth-order valence-corrected chi connectivity index (χ4v) is 4.01. The molecule has 0 aliphatic carbocycles. The van der Waals surface area contributed by atoms with Crippen molar-refractivity contribution >= 4 is 45.5 Å². The second-order valence-corrected chi connectivity index (χ2v) is 8.90. The summed E-state index contributed by atoms with van der Waals surface area (Å²) >= 11 is 6.18. The summed E-state index contributed by atoms with van der Waals surface area (Å²) in [6, 6.07) is 12.1. The Bertz CT molecular complexity index is 1580. The first kappa shape index (κ1) is 24.6. The molecule has 1 aromatic carbocycles. The fraction of sp³-hybridized carbons (Fsp3) is 0.200. The van der Waals surface area contributed by atoms with Crippen LogP contribution in [0.5, 0.6) is 0 Å². The third-order valence-corrected chi connectivity index (χ3v) is 5.92. The Balaban J connectivity index is 1.81. The van der Waals surface area contributed by atoms with Crippen molar-refractivity contribution in [3.8, 4) is 6.07 Å². The van der Waals surface area contributed by atoms with Crippen LogP contribution in [0.3, 0.4) is 0 Å². The summed E-state index contributed by atoms with van der Waals surface area (Å²) in [6.07, 6.45) is 3.32. The molecule has 36 heavy (non-hydrogen) atoms. The van der Waals surface area contributed by atoms with Crippen molar-refractivity contribution in [1.29, 1.82) is 5.26 Å². The first-order chi connectivity index (χ1) is 17.1. The molecule has 11 heteroatoms. The SMILES string of the molecule is CNC(=O)c1cc(Nc2ccc3c(c2)c(NC(C)(C)c2ncccn2)cc(=O)n3C)c(C#N)c(Cl)n1. The van der Waals surface area contributed by atoms with Gasteiger partial charge in [-0.05, 0) is 44.2 Å². The third-order valence-electron chi connectivity index (χ3n) is 5.64. The number of anilines is 3. The highest BCUT2D eigenvalue weighted by Gasteiger charge is 2.25. The molecule has 0 fully saturated rings. The second-order valence-electron chi connectivity index (χ2n) is 8.55. The van der Waals surface area contributed by atoms with Crippen molar-refractivity contribution in [2.45, 2.75) is 19.4 Å². The number of aromatic nitrogens is 4. The zero-order valence-electron chi connectivity index (χ0n) is 20.0. The van der Waals surface area contributed by atoms with Gasteiger partial charge >= 0.3 is 0 Å². The number of nitriles is 1. The van der Waals surface area contributed by atoms with Gasteiger partial charge in [-0.3, -0.25) is 9.59 Å². The number of fused-ring (bicyclic) bond motifs is 1. The number of hydrogen-bond donors (Lipinski definition) is 3. The average Bonchev–Trinajstić information content (AvgIpc) is 2.87. The standard InChI is InChI=1S/C25H23ClN8O2/c1-25(2,24-29-8-5-9-30-24)33-18-12-21(35)34(4)20-7-6-14(10-15(18)20)31-17-11-19(23(36)28-3)32-22(26)16(17)13-27/h5-12,33H,1-4H3,(H,28,36)(H,31,32). The van der Waals surface area contributed by atoms with Crippen molar-refractivity contribution in [3.05, 3.63) is 81.4 Å². The molecule has 0 unspecified atom stereocenters. The highest BCUT2D eigenvalue weighted by molar-refractivity contribution is 6.31. The minimum atomic E-state index is -0.682. The Morgan fingerprint density at radius 1 is 1.14 bits per heavy atom. The number of rotatable bonds is 6. The zero-order chi connectivity index (χ0) is 26.0. The van der Waals surface area contributed by atoms with Gasteiger partial charge in [-0.15, -0.1) is 0 Å². The number of nitrogens with one attached hydrogen (secondary N) is 3. The van der Waals surface area contributed by atoms with Gasteiger partial charge in [-0.25, -0.2) is 15.0 Å². The Labute approximate surface area is 212 Å². The molecule has 182 valence electrons. The van der Waals surface area contributed by atoms with E-state index in [2.05, 4.69) is 30.9 Å². The molecule has 3 aromatic heterocycles. The van der Waals surface area contributed by atoms with Gasteiger partial charge in [0.1, 0.15) is 22.5 Å². The van der Waals surface area contributed by atoms with Gasteiger partial charge in [0, 0.05) is 49.3 Å². The molecule has 0 bridgehead atoms. The normalized spacial score (nSPS) is 11.1. The fourth-order valence-electron chi connectivity index (χ4n) is 3.78. The average molecular weight is 503 g/mol. The molecule has 0 spiro atoms. The van der Waals surface area contributed by atoms with Gasteiger partial charge in [0.25, 0.3) is 11.5 Å². The van der Waals surface area contributed by atoms with E-state index in [1.165, 1.54) is 19.2 Å². The van der Waals surface area contributed by atoms with Crippen molar-refractivity contribution in [3.63, 3.8) is 0 Å². The van der Waals surface area contributed by atoms with Gasteiger partial charge in [0.2, 0.25) is 0 Å². The maximum absolute atomic E-state index is 12.7. The number of carbonyl (C=O) groups is 1. The molecule has 10 nitrogen and oxygen atoms in total. The van der Waals surface area contributed by atoms with E-state index < -0.39 is 11.4 Å². The summed E-state index contributed by atoms with van der Waals surface area (Å²) in [6.45, 7) is 3.85. The van der Waals surface area contributed by atoms with Crippen molar-refractivity contribution in [2.75, 3.05) is 17.7 Å². The lowest BCUT2D eigenvalue weighted by Crippen LogP contribution is -2.31. The number of nitrogens with zero attached hydrogens (tertiary/aromatic N) is 5. The molecule has 0 aliphatic rings. The number of benzene rings is 1. The summed E-state index contributed by atoms with van der Waals surface area (Å²) in [4.78, 5) is 37.5. The van der Waals surface area contributed by atoms with E-state index in [4.69, 9.17) is 11.6 Å². The monoisotopic (exact) mass is 502 g/mol. The number of aryl methyl sites for hydroxylation is 1. The molecule has 1 amide bonds. The molecule has 0 saturated heterocycles. The molecular formula is C25H23ClN8O2. The predicted octanol–water partition coefficient (Wildman–Crippen LogP) is 3.70. The van der Waals surface area contributed by atoms with Crippen molar-refractivity contribution < 1.29 is 4.79 Å². The van der Waals surface area contributed by atoms with Crippen LogP contribution in [0.25, 0.3) is 10.9 Å². The molecule has 4 aromatic rings. The molecular weight excluding hydrogens is 480 g/mol. The van der Waals surface area contributed by atoms with Gasteiger partial charge in [-0.1, -0.05) is 11.6 Å². The lowest BCUT2D eigenvalue weighted by molar-refractivity contribution is 0.0958. The topological polar surface area (TPSA) is 138 Å². The van der Waals surface area contributed by atoms with Crippen molar-refractivity contribution in [1.82, 2.24) is 24.8 Å². The van der Waals surface area contributed by atoms with Crippen LogP contribution in [0.4, 0.5) is 17.1 Å². The summed E-state index contributed by atoms with van der Waals surface area (Å²) in [5, 5.41) is 19.3. The number of halogens is 1. The summed E-state index contributed by atoms with van der Waals surface area (Å²) in [5.41, 5.74) is 1.53. The maximum atomic E-state index is 12.7. The summed E-state index contributed by atoms with van der Waals surface area (Å²) in [5.74, 6) is 0.134. The van der Waals surface area contributed by atoms with Crippen LogP contribution in [0, 0.1) is 11.3 Å². The van der Waals surface area contributed by atoms with Crippen LogP contribution in [-0.2, 0) is 12.6 Å². The van der Waals surface area contributed by atoms with Crippen LogP contribution in [0.15, 0.2) is 53.6 Å². The number of carbonyl (C=O) groups excluding carboxylic acids is 1. The first-order valence-electron chi connectivity index (χ1n) is 10.9. The number of pyridine rings is 2. The Morgan fingerprint density at radius 2 is 1.86 bits per heavy atom. The smallest absolute Gasteiger partial charge is 0.269 e. The molecule has 3 N–H and O–H groups in total. The van der Waals surface area contributed by atoms with E-state index >= 15 is 0 Å². The van der Waals surface area contributed by atoms with E-state index in [-0.39, 0.29) is 22.0 Å².